The van der Waals surface area contributed by atoms with E-state index in [1.54, 1.807) is 38.1 Å². The van der Waals surface area contributed by atoms with Crippen LogP contribution in [0.15, 0.2) is 24.3 Å². The van der Waals surface area contributed by atoms with Crippen molar-refractivity contribution < 1.29 is 19.1 Å². The van der Waals surface area contributed by atoms with Gasteiger partial charge in [0.1, 0.15) is 6.04 Å². The van der Waals surface area contributed by atoms with Gasteiger partial charge < -0.3 is 21.1 Å². The number of carbonyl (C=O) groups excluding carboxylic acids is 3. The number of esters is 1. The molecule has 1 aliphatic carbocycles. The van der Waals surface area contributed by atoms with Crippen molar-refractivity contribution in [3.8, 4) is 0 Å². The highest BCUT2D eigenvalue weighted by Crippen LogP contribution is 2.27. The quantitative estimate of drug-likeness (QED) is 0.671. The van der Waals surface area contributed by atoms with Crippen LogP contribution in [-0.4, -0.2) is 36.0 Å². The Bertz CT molecular complexity index is 651. The summed E-state index contributed by atoms with van der Waals surface area (Å²) in [6.07, 6.45) is 4.40. The molecule has 7 heteroatoms. The van der Waals surface area contributed by atoms with Gasteiger partial charge in [0.25, 0.3) is 5.91 Å². The van der Waals surface area contributed by atoms with E-state index in [2.05, 4.69) is 10.6 Å². The molecule has 1 saturated carbocycles. The second kappa shape index (κ2) is 8.80. The monoisotopic (exact) mass is 361 g/mol. The minimum atomic E-state index is -0.816. The van der Waals surface area contributed by atoms with E-state index in [9.17, 15) is 14.4 Å². The molecule has 0 aromatic heterocycles. The lowest BCUT2D eigenvalue weighted by Crippen LogP contribution is -2.52. The third-order valence-electron chi connectivity index (χ3n) is 4.59. The zero-order valence-electron chi connectivity index (χ0n) is 15.3. The molecule has 1 aromatic rings. The maximum Gasteiger partial charge on any atom is 0.328 e. The van der Waals surface area contributed by atoms with Crippen molar-refractivity contribution in [2.75, 3.05) is 11.9 Å². The van der Waals surface area contributed by atoms with Crippen LogP contribution in [0.2, 0.25) is 0 Å². The second-order valence-electron chi connectivity index (χ2n) is 6.70. The van der Waals surface area contributed by atoms with Gasteiger partial charge >= 0.3 is 5.97 Å². The molecule has 1 fully saturated rings. The van der Waals surface area contributed by atoms with Crippen LogP contribution in [-0.2, 0) is 14.3 Å². The van der Waals surface area contributed by atoms with Gasteiger partial charge in [0, 0.05) is 11.3 Å². The van der Waals surface area contributed by atoms with Crippen LogP contribution in [0.25, 0.3) is 0 Å². The lowest BCUT2D eigenvalue weighted by molar-refractivity contribution is -0.144. The van der Waals surface area contributed by atoms with E-state index >= 15 is 0 Å². The van der Waals surface area contributed by atoms with Gasteiger partial charge in [0.2, 0.25) is 5.91 Å². The molecule has 1 aromatic carbocycles. The molecule has 1 aliphatic rings. The Labute approximate surface area is 153 Å². The summed E-state index contributed by atoms with van der Waals surface area (Å²) in [5.41, 5.74) is 6.37. The van der Waals surface area contributed by atoms with Crippen molar-refractivity contribution in [2.45, 2.75) is 57.5 Å². The van der Waals surface area contributed by atoms with E-state index < -0.39 is 17.6 Å². The lowest BCUT2D eigenvalue weighted by Gasteiger charge is -2.31. The summed E-state index contributed by atoms with van der Waals surface area (Å²) in [5, 5.41) is 5.40. The fourth-order valence-corrected chi connectivity index (χ4v) is 2.98. The zero-order chi connectivity index (χ0) is 19.2. The molecule has 1 atom stereocenters. The summed E-state index contributed by atoms with van der Waals surface area (Å²) in [5.74, 6) is -1.05. The maximum absolute atomic E-state index is 12.4. The molecule has 0 spiro atoms. The van der Waals surface area contributed by atoms with E-state index in [-0.39, 0.29) is 18.4 Å². The summed E-state index contributed by atoms with van der Waals surface area (Å²) < 4.78 is 4.86. The average molecular weight is 361 g/mol. The molecule has 0 bridgehead atoms. The third kappa shape index (κ3) is 5.05. The van der Waals surface area contributed by atoms with E-state index in [4.69, 9.17) is 10.5 Å². The van der Waals surface area contributed by atoms with Gasteiger partial charge in [-0.2, -0.15) is 0 Å². The molecule has 0 heterocycles. The number of nitrogens with two attached hydrogens (primary N) is 1. The molecular weight excluding hydrogens is 334 g/mol. The van der Waals surface area contributed by atoms with E-state index in [1.807, 2.05) is 0 Å². The van der Waals surface area contributed by atoms with Crippen molar-refractivity contribution in [1.82, 2.24) is 5.32 Å². The molecule has 2 amide bonds. The standard InChI is InChI=1S/C19H27N3O4/c1-3-26-17(24)13(2)21-16(23)14-7-9-15(10-8-14)22-18(25)19(20)11-5-4-6-12-19/h7-10,13H,3-6,11-12,20H2,1-2H3,(H,21,23)(H,22,25). The Balaban J connectivity index is 1.94. The minimum Gasteiger partial charge on any atom is -0.464 e. The highest BCUT2D eigenvalue weighted by atomic mass is 16.5. The largest absolute Gasteiger partial charge is 0.464 e. The van der Waals surface area contributed by atoms with Crippen molar-refractivity contribution in [2.24, 2.45) is 5.73 Å². The molecule has 0 saturated heterocycles. The summed E-state index contributed by atoms with van der Waals surface area (Å²) in [6.45, 7) is 3.53. The first-order valence-corrected chi connectivity index (χ1v) is 9.03. The van der Waals surface area contributed by atoms with Gasteiger partial charge in [0.15, 0.2) is 0 Å². The van der Waals surface area contributed by atoms with E-state index in [0.29, 0.717) is 24.1 Å². The normalized spacial score (nSPS) is 17.0. The number of carbonyl (C=O) groups is 3. The van der Waals surface area contributed by atoms with Crippen molar-refractivity contribution >= 4 is 23.5 Å². The fourth-order valence-electron chi connectivity index (χ4n) is 2.98. The van der Waals surface area contributed by atoms with Crippen LogP contribution in [0, 0.1) is 0 Å². The molecule has 142 valence electrons. The van der Waals surface area contributed by atoms with Gasteiger partial charge in [0.05, 0.1) is 12.1 Å². The van der Waals surface area contributed by atoms with Gasteiger partial charge in [-0.25, -0.2) is 4.79 Å². The first-order valence-electron chi connectivity index (χ1n) is 9.03. The fraction of sp³-hybridized carbons (Fsp3) is 0.526. The molecule has 4 N–H and O–H groups in total. The predicted octanol–water partition coefficient (Wildman–Crippen LogP) is 1.97. The summed E-state index contributed by atoms with van der Waals surface area (Å²) in [4.78, 5) is 36.2. The molecule has 0 radical (unpaired) electrons. The van der Waals surface area contributed by atoms with Crippen molar-refractivity contribution in [1.29, 1.82) is 0 Å². The highest BCUT2D eigenvalue weighted by molar-refractivity contribution is 5.99. The number of ether oxygens (including phenoxy) is 1. The number of benzene rings is 1. The number of amides is 2. The van der Waals surface area contributed by atoms with Crippen LogP contribution in [0.1, 0.15) is 56.3 Å². The average Bonchev–Trinajstić information content (AvgIpc) is 2.63. The Morgan fingerprint density at radius 2 is 1.77 bits per heavy atom. The van der Waals surface area contributed by atoms with Crippen LogP contribution in [0.5, 0.6) is 0 Å². The molecule has 0 aliphatic heterocycles. The maximum atomic E-state index is 12.4. The summed E-state index contributed by atoms with van der Waals surface area (Å²) >= 11 is 0. The Kier molecular flexibility index (Phi) is 6.74. The van der Waals surface area contributed by atoms with Crippen LogP contribution < -0.4 is 16.4 Å². The van der Waals surface area contributed by atoms with Crippen LogP contribution in [0.4, 0.5) is 5.69 Å². The predicted molar refractivity (Wildman–Crippen MR) is 98.6 cm³/mol. The van der Waals surface area contributed by atoms with Gasteiger partial charge in [-0.05, 0) is 51.0 Å². The number of anilines is 1. The molecule has 1 unspecified atom stereocenters. The first kappa shape index (κ1) is 19.9. The highest BCUT2D eigenvalue weighted by Gasteiger charge is 2.35. The number of nitrogens with one attached hydrogen (secondary N) is 2. The smallest absolute Gasteiger partial charge is 0.328 e. The number of hydrogen-bond acceptors (Lipinski definition) is 5. The van der Waals surface area contributed by atoms with Crippen LogP contribution in [0.3, 0.4) is 0 Å². The summed E-state index contributed by atoms with van der Waals surface area (Å²) in [6, 6.07) is 5.74. The molecular formula is C19H27N3O4. The number of rotatable bonds is 6. The van der Waals surface area contributed by atoms with Gasteiger partial charge in [-0.15, -0.1) is 0 Å². The van der Waals surface area contributed by atoms with Gasteiger partial charge in [-0.3, -0.25) is 9.59 Å². The van der Waals surface area contributed by atoms with Gasteiger partial charge in [-0.1, -0.05) is 19.3 Å². The minimum absolute atomic E-state index is 0.190. The number of hydrogen-bond donors (Lipinski definition) is 3. The molecule has 26 heavy (non-hydrogen) atoms. The topological polar surface area (TPSA) is 111 Å². The first-order chi connectivity index (χ1) is 12.4. The Morgan fingerprint density at radius 1 is 1.15 bits per heavy atom. The third-order valence-corrected chi connectivity index (χ3v) is 4.59. The second-order valence-corrected chi connectivity index (χ2v) is 6.70. The Hall–Kier alpha value is -2.41. The molecule has 7 nitrogen and oxygen atoms in total. The Morgan fingerprint density at radius 3 is 2.35 bits per heavy atom. The SMILES string of the molecule is CCOC(=O)C(C)NC(=O)c1ccc(NC(=O)C2(N)CCCCC2)cc1. The zero-order valence-corrected chi connectivity index (χ0v) is 15.3. The van der Waals surface area contributed by atoms with Crippen molar-refractivity contribution in [3.63, 3.8) is 0 Å². The van der Waals surface area contributed by atoms with Crippen LogP contribution >= 0.6 is 0 Å². The van der Waals surface area contributed by atoms with E-state index in [0.717, 1.165) is 19.3 Å². The lowest BCUT2D eigenvalue weighted by atomic mass is 9.82. The van der Waals surface area contributed by atoms with Crippen molar-refractivity contribution in [3.05, 3.63) is 29.8 Å². The summed E-state index contributed by atoms with van der Waals surface area (Å²) in [7, 11) is 0. The molecule has 2 rings (SSSR count). The van der Waals surface area contributed by atoms with E-state index in [1.165, 1.54) is 0 Å².